The molecule has 0 radical (unpaired) electrons. The first kappa shape index (κ1) is 14.6. The Kier molecular flexibility index (Phi) is 3.78. The number of rotatable bonds is 2. The molecule has 1 saturated heterocycles. The SMILES string of the molecule is CC1(C(=O)O)CCN(C(=O)C2CCCc3sccc32)CC1. The highest BCUT2D eigenvalue weighted by Gasteiger charge is 2.40. The molecule has 1 amide bonds. The van der Waals surface area contributed by atoms with Crippen LogP contribution in [0.1, 0.15) is 49.0 Å². The number of nitrogens with zero attached hydrogens (tertiary/aromatic N) is 1. The van der Waals surface area contributed by atoms with Gasteiger partial charge in [0.1, 0.15) is 0 Å². The molecular formula is C16H21NO3S. The highest BCUT2D eigenvalue weighted by molar-refractivity contribution is 7.10. The fourth-order valence-corrected chi connectivity index (χ4v) is 4.39. The van der Waals surface area contributed by atoms with Crippen LogP contribution >= 0.6 is 11.3 Å². The minimum absolute atomic E-state index is 0.00539. The molecule has 0 spiro atoms. The number of carbonyl (C=O) groups excluding carboxylic acids is 1. The van der Waals surface area contributed by atoms with Crippen LogP contribution in [0.15, 0.2) is 11.4 Å². The number of carboxylic acids is 1. The lowest BCUT2D eigenvalue weighted by Crippen LogP contribution is -2.46. The molecule has 0 saturated carbocycles. The maximum Gasteiger partial charge on any atom is 0.309 e. The number of carbonyl (C=O) groups is 2. The molecule has 21 heavy (non-hydrogen) atoms. The fourth-order valence-electron chi connectivity index (χ4n) is 3.40. The highest BCUT2D eigenvalue weighted by Crippen LogP contribution is 2.38. The molecule has 1 aromatic heterocycles. The number of fused-ring (bicyclic) bond motifs is 1. The first-order valence-electron chi connectivity index (χ1n) is 7.60. The van der Waals surface area contributed by atoms with Gasteiger partial charge in [0.25, 0.3) is 0 Å². The van der Waals surface area contributed by atoms with E-state index in [0.29, 0.717) is 25.9 Å². The Morgan fingerprint density at radius 3 is 2.76 bits per heavy atom. The summed E-state index contributed by atoms with van der Waals surface area (Å²) in [4.78, 5) is 27.3. The Balaban J connectivity index is 1.70. The summed E-state index contributed by atoms with van der Waals surface area (Å²) in [6.45, 7) is 2.92. The third-order valence-corrected chi connectivity index (χ3v) is 6.04. The molecule has 1 aliphatic heterocycles. The third kappa shape index (κ3) is 2.59. The third-order valence-electron chi connectivity index (χ3n) is 5.05. The summed E-state index contributed by atoms with van der Waals surface area (Å²) in [6, 6.07) is 2.09. The van der Waals surface area contributed by atoms with Gasteiger partial charge in [0.05, 0.1) is 11.3 Å². The second kappa shape index (κ2) is 5.44. The zero-order chi connectivity index (χ0) is 15.0. The molecular weight excluding hydrogens is 286 g/mol. The normalized spacial score (nSPS) is 24.4. The van der Waals surface area contributed by atoms with Gasteiger partial charge in [-0.3, -0.25) is 9.59 Å². The number of aliphatic carboxylic acids is 1. The number of carboxylic acid groups (broad SMARTS) is 1. The smallest absolute Gasteiger partial charge is 0.309 e. The van der Waals surface area contributed by atoms with E-state index in [2.05, 4.69) is 11.4 Å². The van der Waals surface area contributed by atoms with Crippen molar-refractivity contribution < 1.29 is 14.7 Å². The van der Waals surface area contributed by atoms with Crippen LogP contribution in [0.25, 0.3) is 0 Å². The van der Waals surface area contributed by atoms with Gasteiger partial charge in [-0.1, -0.05) is 0 Å². The Hall–Kier alpha value is -1.36. The molecule has 1 atom stereocenters. The molecule has 2 heterocycles. The monoisotopic (exact) mass is 307 g/mol. The number of thiophene rings is 1. The van der Waals surface area contributed by atoms with Gasteiger partial charge in [0, 0.05) is 18.0 Å². The predicted molar refractivity (Wildman–Crippen MR) is 81.6 cm³/mol. The van der Waals surface area contributed by atoms with E-state index in [1.807, 2.05) is 4.90 Å². The standard InChI is InChI=1S/C16H21NO3S/c1-16(15(19)20)6-8-17(9-7-16)14(18)12-3-2-4-13-11(12)5-10-21-13/h5,10,12H,2-4,6-9H2,1H3,(H,19,20). The molecule has 2 aliphatic rings. The Labute approximate surface area is 128 Å². The minimum Gasteiger partial charge on any atom is -0.481 e. The van der Waals surface area contributed by atoms with Crippen molar-refractivity contribution in [1.82, 2.24) is 4.90 Å². The lowest BCUT2D eigenvalue weighted by molar-refractivity contribution is -0.153. The summed E-state index contributed by atoms with van der Waals surface area (Å²) in [5.41, 5.74) is 0.541. The summed E-state index contributed by atoms with van der Waals surface area (Å²) in [6.07, 6.45) is 4.20. The van der Waals surface area contributed by atoms with E-state index in [9.17, 15) is 14.7 Å². The van der Waals surface area contributed by atoms with Crippen molar-refractivity contribution in [1.29, 1.82) is 0 Å². The lowest BCUT2D eigenvalue weighted by atomic mass is 9.79. The first-order chi connectivity index (χ1) is 10.0. The molecule has 1 N–H and O–H groups in total. The van der Waals surface area contributed by atoms with E-state index >= 15 is 0 Å². The summed E-state index contributed by atoms with van der Waals surface area (Å²) in [7, 11) is 0. The van der Waals surface area contributed by atoms with Crippen LogP contribution in [-0.4, -0.2) is 35.0 Å². The quantitative estimate of drug-likeness (QED) is 0.914. The summed E-state index contributed by atoms with van der Waals surface area (Å²) in [5, 5.41) is 11.3. The minimum atomic E-state index is -0.743. The number of amides is 1. The average molecular weight is 307 g/mol. The second-order valence-electron chi connectivity index (χ2n) is 6.44. The Morgan fingerprint density at radius 1 is 1.38 bits per heavy atom. The van der Waals surface area contributed by atoms with E-state index in [1.54, 1.807) is 18.3 Å². The van der Waals surface area contributed by atoms with Gasteiger partial charge < -0.3 is 10.0 Å². The molecule has 1 fully saturated rings. The van der Waals surface area contributed by atoms with E-state index in [4.69, 9.17) is 0 Å². The van der Waals surface area contributed by atoms with E-state index in [1.165, 1.54) is 10.4 Å². The van der Waals surface area contributed by atoms with Crippen molar-refractivity contribution >= 4 is 23.2 Å². The second-order valence-corrected chi connectivity index (χ2v) is 7.44. The Bertz CT molecular complexity index is 558. The van der Waals surface area contributed by atoms with Crippen molar-refractivity contribution in [3.05, 3.63) is 21.9 Å². The molecule has 3 rings (SSSR count). The van der Waals surface area contributed by atoms with Crippen molar-refractivity contribution in [3.8, 4) is 0 Å². The molecule has 1 aliphatic carbocycles. The molecule has 1 unspecified atom stereocenters. The van der Waals surface area contributed by atoms with Crippen LogP contribution in [0.4, 0.5) is 0 Å². The maximum atomic E-state index is 12.8. The number of hydrogen-bond acceptors (Lipinski definition) is 3. The van der Waals surface area contributed by atoms with Gasteiger partial charge in [-0.15, -0.1) is 11.3 Å². The van der Waals surface area contributed by atoms with Gasteiger partial charge in [0.2, 0.25) is 5.91 Å². The van der Waals surface area contributed by atoms with Crippen molar-refractivity contribution in [2.75, 3.05) is 13.1 Å². The summed E-state index contributed by atoms with van der Waals surface area (Å²) < 4.78 is 0. The van der Waals surface area contributed by atoms with Gasteiger partial charge in [0.15, 0.2) is 0 Å². The van der Waals surface area contributed by atoms with Gasteiger partial charge >= 0.3 is 5.97 Å². The number of piperidine rings is 1. The molecule has 1 aromatic rings. The first-order valence-corrected chi connectivity index (χ1v) is 8.48. The molecule has 4 nitrogen and oxygen atoms in total. The Morgan fingerprint density at radius 2 is 2.10 bits per heavy atom. The molecule has 5 heteroatoms. The molecule has 0 aromatic carbocycles. The maximum absolute atomic E-state index is 12.8. The van der Waals surface area contributed by atoms with Crippen molar-refractivity contribution in [2.24, 2.45) is 5.41 Å². The molecule has 0 bridgehead atoms. The average Bonchev–Trinajstić information content (AvgIpc) is 2.95. The lowest BCUT2D eigenvalue weighted by Gasteiger charge is -2.38. The van der Waals surface area contributed by atoms with E-state index < -0.39 is 11.4 Å². The zero-order valence-electron chi connectivity index (χ0n) is 12.3. The van der Waals surface area contributed by atoms with Gasteiger partial charge in [-0.05, 0) is 56.0 Å². The van der Waals surface area contributed by atoms with Crippen LogP contribution in [0.5, 0.6) is 0 Å². The van der Waals surface area contributed by atoms with Crippen LogP contribution in [-0.2, 0) is 16.0 Å². The van der Waals surface area contributed by atoms with Crippen LogP contribution in [0, 0.1) is 5.41 Å². The molecule has 114 valence electrons. The number of likely N-dealkylation sites (tertiary alicyclic amines) is 1. The van der Waals surface area contributed by atoms with Crippen LogP contribution in [0.3, 0.4) is 0 Å². The highest BCUT2D eigenvalue weighted by atomic mass is 32.1. The van der Waals surface area contributed by atoms with Gasteiger partial charge in [-0.25, -0.2) is 0 Å². The van der Waals surface area contributed by atoms with E-state index in [0.717, 1.165) is 19.3 Å². The predicted octanol–water partition coefficient (Wildman–Crippen LogP) is 2.88. The number of hydrogen-bond donors (Lipinski definition) is 1. The summed E-state index contributed by atoms with van der Waals surface area (Å²) >= 11 is 1.75. The van der Waals surface area contributed by atoms with Crippen LogP contribution in [0.2, 0.25) is 0 Å². The van der Waals surface area contributed by atoms with Crippen molar-refractivity contribution in [3.63, 3.8) is 0 Å². The zero-order valence-corrected chi connectivity index (χ0v) is 13.1. The van der Waals surface area contributed by atoms with Crippen molar-refractivity contribution in [2.45, 2.75) is 44.9 Å². The largest absolute Gasteiger partial charge is 0.481 e. The number of aryl methyl sites for hydroxylation is 1. The van der Waals surface area contributed by atoms with Crippen LogP contribution < -0.4 is 0 Å². The summed E-state index contributed by atoms with van der Waals surface area (Å²) in [5.74, 6) is -0.552. The van der Waals surface area contributed by atoms with E-state index in [-0.39, 0.29) is 11.8 Å². The fraction of sp³-hybridized carbons (Fsp3) is 0.625. The van der Waals surface area contributed by atoms with Gasteiger partial charge in [-0.2, -0.15) is 0 Å². The topological polar surface area (TPSA) is 57.6 Å².